The third kappa shape index (κ3) is 6.79. The molecule has 0 unspecified atom stereocenters. The van der Waals surface area contributed by atoms with E-state index in [1.54, 1.807) is 7.11 Å². The van der Waals surface area contributed by atoms with Gasteiger partial charge >= 0.3 is 0 Å². The van der Waals surface area contributed by atoms with Gasteiger partial charge in [0.05, 0.1) is 20.2 Å². The van der Waals surface area contributed by atoms with Crippen molar-refractivity contribution in [2.24, 2.45) is 0 Å². The molecule has 0 saturated heterocycles. The molecule has 1 aliphatic carbocycles. The summed E-state index contributed by atoms with van der Waals surface area (Å²) >= 11 is 0. The second kappa shape index (κ2) is 10.9. The lowest BCUT2D eigenvalue weighted by molar-refractivity contribution is -0.120. The van der Waals surface area contributed by atoms with Crippen molar-refractivity contribution in [3.63, 3.8) is 0 Å². The molecular formula is C19H30N2O3. The van der Waals surface area contributed by atoms with Gasteiger partial charge in [0.1, 0.15) is 6.61 Å². The molecule has 0 bridgehead atoms. The highest BCUT2D eigenvalue weighted by Gasteiger charge is 2.12. The topological polar surface area (TPSA) is 59.6 Å². The Morgan fingerprint density at radius 1 is 1.08 bits per heavy atom. The van der Waals surface area contributed by atoms with E-state index in [1.807, 2.05) is 24.3 Å². The lowest BCUT2D eigenvalue weighted by Gasteiger charge is -2.20. The van der Waals surface area contributed by atoms with Crippen molar-refractivity contribution in [3.05, 3.63) is 24.3 Å². The predicted octanol–water partition coefficient (Wildman–Crippen LogP) is 2.89. The van der Waals surface area contributed by atoms with Gasteiger partial charge in [-0.3, -0.25) is 4.79 Å². The first-order chi connectivity index (χ1) is 11.8. The minimum atomic E-state index is 0.0284. The maximum atomic E-state index is 11.9. The molecule has 2 rings (SSSR count). The van der Waals surface area contributed by atoms with Crippen LogP contribution in [0.15, 0.2) is 24.3 Å². The number of rotatable bonds is 8. The summed E-state index contributed by atoms with van der Waals surface area (Å²) in [5.74, 6) is 1.43. The van der Waals surface area contributed by atoms with Crippen LogP contribution in [0.25, 0.3) is 0 Å². The van der Waals surface area contributed by atoms with Gasteiger partial charge in [-0.25, -0.2) is 0 Å². The van der Waals surface area contributed by atoms with Crippen molar-refractivity contribution < 1.29 is 14.3 Å². The molecule has 1 aromatic carbocycles. The Morgan fingerprint density at radius 2 is 1.75 bits per heavy atom. The Hall–Kier alpha value is -1.75. The Balaban J connectivity index is 1.59. The van der Waals surface area contributed by atoms with Crippen molar-refractivity contribution in [2.75, 3.05) is 26.8 Å². The number of para-hydroxylation sites is 2. The normalized spacial score (nSPS) is 16.0. The van der Waals surface area contributed by atoms with Crippen LogP contribution in [0.3, 0.4) is 0 Å². The monoisotopic (exact) mass is 334 g/mol. The third-order valence-electron chi connectivity index (χ3n) is 4.41. The highest BCUT2D eigenvalue weighted by molar-refractivity contribution is 5.77. The molecule has 0 atom stereocenters. The number of ether oxygens (including phenoxy) is 2. The smallest absolute Gasteiger partial charge is 0.234 e. The summed E-state index contributed by atoms with van der Waals surface area (Å²) in [6.07, 6.45) is 8.92. The number of methoxy groups -OCH3 is 1. The lowest BCUT2D eigenvalue weighted by atomic mass is 9.97. The summed E-state index contributed by atoms with van der Waals surface area (Å²) in [6, 6.07) is 7.99. The second-order valence-corrected chi connectivity index (χ2v) is 6.27. The maximum Gasteiger partial charge on any atom is 0.234 e. The third-order valence-corrected chi connectivity index (χ3v) is 4.41. The first-order valence-electron chi connectivity index (χ1n) is 9.05. The minimum Gasteiger partial charge on any atom is -0.493 e. The van der Waals surface area contributed by atoms with Gasteiger partial charge in [-0.2, -0.15) is 0 Å². The van der Waals surface area contributed by atoms with Crippen LogP contribution in [0.5, 0.6) is 11.5 Å². The molecule has 134 valence electrons. The zero-order chi connectivity index (χ0) is 17.0. The van der Waals surface area contributed by atoms with Crippen molar-refractivity contribution in [3.8, 4) is 11.5 Å². The molecule has 1 aliphatic rings. The van der Waals surface area contributed by atoms with Crippen LogP contribution in [-0.2, 0) is 4.79 Å². The van der Waals surface area contributed by atoms with Crippen LogP contribution in [-0.4, -0.2) is 38.8 Å². The van der Waals surface area contributed by atoms with E-state index in [9.17, 15) is 4.79 Å². The van der Waals surface area contributed by atoms with Gasteiger partial charge in [-0.05, 0) is 25.0 Å². The van der Waals surface area contributed by atoms with E-state index in [4.69, 9.17) is 9.47 Å². The molecule has 2 N–H and O–H groups in total. The average Bonchev–Trinajstić information content (AvgIpc) is 2.58. The first-order valence-corrected chi connectivity index (χ1v) is 9.05. The molecule has 1 saturated carbocycles. The zero-order valence-corrected chi connectivity index (χ0v) is 14.7. The van der Waals surface area contributed by atoms with Crippen LogP contribution >= 0.6 is 0 Å². The number of carbonyl (C=O) groups is 1. The summed E-state index contributed by atoms with van der Waals surface area (Å²) in [5, 5.41) is 6.28. The van der Waals surface area contributed by atoms with E-state index in [-0.39, 0.29) is 5.91 Å². The van der Waals surface area contributed by atoms with Gasteiger partial charge in [0.25, 0.3) is 0 Å². The zero-order valence-electron chi connectivity index (χ0n) is 14.7. The van der Waals surface area contributed by atoms with Gasteiger partial charge in [0.15, 0.2) is 11.5 Å². The summed E-state index contributed by atoms with van der Waals surface area (Å²) in [7, 11) is 1.62. The van der Waals surface area contributed by atoms with Crippen molar-refractivity contribution in [1.29, 1.82) is 0 Å². The summed E-state index contributed by atoms with van der Waals surface area (Å²) < 4.78 is 10.9. The number of nitrogens with one attached hydrogen (secondary N) is 2. The Bertz CT molecular complexity index is 485. The molecule has 1 amide bonds. The van der Waals surface area contributed by atoms with Crippen molar-refractivity contribution in [1.82, 2.24) is 10.6 Å². The molecule has 0 radical (unpaired) electrons. The molecule has 24 heavy (non-hydrogen) atoms. The Labute approximate surface area is 145 Å². The number of carbonyl (C=O) groups excluding carboxylic acids is 1. The molecule has 1 fully saturated rings. The van der Waals surface area contributed by atoms with Gasteiger partial charge < -0.3 is 20.1 Å². The molecule has 0 spiro atoms. The van der Waals surface area contributed by atoms with E-state index < -0.39 is 0 Å². The fourth-order valence-electron chi connectivity index (χ4n) is 3.05. The lowest BCUT2D eigenvalue weighted by Crippen LogP contribution is -2.40. The minimum absolute atomic E-state index is 0.0284. The SMILES string of the molecule is COc1ccccc1OCCNC(=O)CNC1CCCCCCC1. The standard InChI is InChI=1S/C19H30N2O3/c1-23-17-11-7-8-12-18(17)24-14-13-20-19(22)15-21-16-9-5-3-2-4-6-10-16/h7-8,11-12,16,21H,2-6,9-10,13-15H2,1H3,(H,20,22). The largest absolute Gasteiger partial charge is 0.493 e. The fraction of sp³-hybridized carbons (Fsp3) is 0.632. The highest BCUT2D eigenvalue weighted by atomic mass is 16.5. The van der Waals surface area contributed by atoms with Crippen LogP contribution in [0.1, 0.15) is 44.9 Å². The molecule has 1 aromatic rings. The molecule has 0 aromatic heterocycles. The van der Waals surface area contributed by atoms with E-state index in [2.05, 4.69) is 10.6 Å². The Kier molecular flexibility index (Phi) is 8.46. The summed E-state index contributed by atoms with van der Waals surface area (Å²) in [5.41, 5.74) is 0. The van der Waals surface area contributed by atoms with E-state index in [0.29, 0.717) is 37.2 Å². The quantitative estimate of drug-likeness (QED) is 0.718. The predicted molar refractivity (Wildman–Crippen MR) is 95.6 cm³/mol. The van der Waals surface area contributed by atoms with Crippen LogP contribution in [0.4, 0.5) is 0 Å². The molecule has 0 aliphatic heterocycles. The number of amides is 1. The van der Waals surface area contributed by atoms with Gasteiger partial charge in [-0.1, -0.05) is 44.2 Å². The number of hydrogen-bond acceptors (Lipinski definition) is 4. The summed E-state index contributed by atoms with van der Waals surface area (Å²) in [6.45, 7) is 1.30. The highest BCUT2D eigenvalue weighted by Crippen LogP contribution is 2.25. The Morgan fingerprint density at radius 3 is 2.46 bits per heavy atom. The number of benzene rings is 1. The fourth-order valence-corrected chi connectivity index (χ4v) is 3.05. The average molecular weight is 334 g/mol. The van der Waals surface area contributed by atoms with Crippen LogP contribution < -0.4 is 20.1 Å². The van der Waals surface area contributed by atoms with Gasteiger partial charge in [-0.15, -0.1) is 0 Å². The molecule has 5 heteroatoms. The second-order valence-electron chi connectivity index (χ2n) is 6.27. The molecule has 0 heterocycles. The molecular weight excluding hydrogens is 304 g/mol. The van der Waals surface area contributed by atoms with Crippen molar-refractivity contribution in [2.45, 2.75) is 51.0 Å². The van der Waals surface area contributed by atoms with Crippen molar-refractivity contribution >= 4 is 5.91 Å². The van der Waals surface area contributed by atoms with Crippen LogP contribution in [0, 0.1) is 0 Å². The maximum absolute atomic E-state index is 11.9. The van der Waals surface area contributed by atoms with E-state index in [0.717, 1.165) is 0 Å². The van der Waals surface area contributed by atoms with E-state index in [1.165, 1.54) is 44.9 Å². The van der Waals surface area contributed by atoms with Gasteiger partial charge in [0, 0.05) is 6.04 Å². The molecule has 5 nitrogen and oxygen atoms in total. The summed E-state index contributed by atoms with van der Waals surface area (Å²) in [4.78, 5) is 11.9. The van der Waals surface area contributed by atoms with Gasteiger partial charge in [0.2, 0.25) is 5.91 Å². The van der Waals surface area contributed by atoms with Crippen LogP contribution in [0.2, 0.25) is 0 Å². The number of hydrogen-bond donors (Lipinski definition) is 2. The first kappa shape index (κ1) is 18.6. The van der Waals surface area contributed by atoms with E-state index >= 15 is 0 Å².